The maximum Gasteiger partial charge on any atom is 0.294 e. The van der Waals surface area contributed by atoms with Gasteiger partial charge in [0.1, 0.15) is 11.6 Å². The van der Waals surface area contributed by atoms with E-state index in [0.29, 0.717) is 0 Å². The van der Waals surface area contributed by atoms with Crippen LogP contribution in [0.1, 0.15) is 47.8 Å². The highest BCUT2D eigenvalue weighted by atomic mass is 19.3. The van der Waals surface area contributed by atoms with Gasteiger partial charge in [0, 0.05) is 29.9 Å². The number of amides is 1. The first-order valence-corrected chi connectivity index (χ1v) is 10.5. The number of carbonyl (C=O) groups excluding carboxylic acids is 1. The fraction of sp³-hybridized carbons (Fsp3) is 0.364. The molecule has 7 nitrogen and oxygen atoms in total. The molecule has 1 amide bonds. The van der Waals surface area contributed by atoms with Crippen molar-refractivity contribution in [2.75, 3.05) is 11.9 Å². The van der Waals surface area contributed by atoms with Crippen LogP contribution in [-0.4, -0.2) is 40.2 Å². The molecule has 1 fully saturated rings. The minimum atomic E-state index is -2.84. The number of carbonyl (C=O) groups is 1. The van der Waals surface area contributed by atoms with Crippen molar-refractivity contribution in [3.63, 3.8) is 0 Å². The van der Waals surface area contributed by atoms with Gasteiger partial charge in [0.15, 0.2) is 6.61 Å². The molecule has 4 rings (SSSR count). The van der Waals surface area contributed by atoms with E-state index in [1.807, 2.05) is 0 Å². The van der Waals surface area contributed by atoms with Gasteiger partial charge < -0.3 is 14.6 Å². The fourth-order valence-electron chi connectivity index (χ4n) is 3.80. The lowest BCUT2D eigenvalue weighted by molar-refractivity contribution is -0.0385. The third-order valence-electron chi connectivity index (χ3n) is 5.51. The van der Waals surface area contributed by atoms with Crippen LogP contribution in [0.25, 0.3) is 11.1 Å². The van der Waals surface area contributed by atoms with Crippen molar-refractivity contribution in [1.29, 1.82) is 0 Å². The first-order valence-electron chi connectivity index (χ1n) is 10.5. The predicted molar refractivity (Wildman–Crippen MR) is 109 cm³/mol. The van der Waals surface area contributed by atoms with E-state index >= 15 is 0 Å². The highest BCUT2D eigenvalue weighted by Gasteiger charge is 2.37. The van der Waals surface area contributed by atoms with E-state index < -0.39 is 61.0 Å². The van der Waals surface area contributed by atoms with Crippen LogP contribution in [0, 0.1) is 11.6 Å². The van der Waals surface area contributed by atoms with Crippen LogP contribution >= 0.6 is 0 Å². The number of ether oxygens (including phenoxy) is 1. The second kappa shape index (κ2) is 9.92. The quantitative estimate of drug-likeness (QED) is 0.425. The van der Waals surface area contributed by atoms with Gasteiger partial charge >= 0.3 is 0 Å². The van der Waals surface area contributed by atoms with Gasteiger partial charge in [-0.2, -0.15) is 10.2 Å². The number of nitrogens with one attached hydrogen (secondary N) is 1. The molecule has 0 radical (unpaired) electrons. The lowest BCUT2D eigenvalue weighted by atomic mass is 9.83. The third kappa shape index (κ3) is 5.72. The van der Waals surface area contributed by atoms with Gasteiger partial charge in [-0.15, -0.1) is 0 Å². The molecule has 186 valence electrons. The molecule has 1 N–H and O–H groups in total. The lowest BCUT2D eigenvalue weighted by Crippen LogP contribution is -2.25. The first-order chi connectivity index (χ1) is 16.6. The number of nitrogens with zero attached hydrogens (tertiary/aromatic N) is 3. The lowest BCUT2D eigenvalue weighted by Gasteiger charge is -2.29. The van der Waals surface area contributed by atoms with E-state index in [1.165, 1.54) is 0 Å². The summed E-state index contributed by atoms with van der Waals surface area (Å²) in [5.41, 5.74) is -0.234. The Morgan fingerprint density at radius 1 is 1.17 bits per heavy atom. The number of aromatic nitrogens is 3. The van der Waals surface area contributed by atoms with Gasteiger partial charge in [0.2, 0.25) is 11.7 Å². The smallest absolute Gasteiger partial charge is 0.294 e. The largest absolute Gasteiger partial charge is 0.469 e. The third-order valence-corrected chi connectivity index (χ3v) is 5.51. The average molecular weight is 500 g/mol. The molecule has 2 heterocycles. The van der Waals surface area contributed by atoms with Crippen LogP contribution in [0.2, 0.25) is 0 Å². The normalized spacial score (nSPS) is 15.9. The molecule has 1 aliphatic carbocycles. The van der Waals surface area contributed by atoms with Crippen LogP contribution in [-0.2, 0) is 0 Å². The summed E-state index contributed by atoms with van der Waals surface area (Å²) in [7, 11) is 0. The van der Waals surface area contributed by atoms with E-state index in [9.17, 15) is 31.1 Å². The molecule has 35 heavy (non-hydrogen) atoms. The van der Waals surface area contributed by atoms with Crippen LogP contribution in [0.3, 0.4) is 0 Å². The minimum Gasteiger partial charge on any atom is -0.469 e. The zero-order chi connectivity index (χ0) is 25.2. The Hall–Kier alpha value is -3.64. The Morgan fingerprint density at radius 3 is 2.63 bits per heavy atom. The zero-order valence-corrected chi connectivity index (χ0v) is 17.9. The zero-order valence-electron chi connectivity index (χ0n) is 17.9. The van der Waals surface area contributed by atoms with E-state index in [1.54, 1.807) is 0 Å². The fourth-order valence-corrected chi connectivity index (χ4v) is 3.80. The summed E-state index contributed by atoms with van der Waals surface area (Å²) >= 11 is 0. The standard InChI is InChI=1S/C22H18F6N4O3/c23-12-1-2-15(24)13(7-12)14-9-29-31-19(11-3-5-22(27,28)6-4-11)20(14)30-21(33)16-8-18(32-35-16)34-10-17(25)26/h1-2,7-9,11,17H,3-6,10H2,(H,29,30,33). The topological polar surface area (TPSA) is 90.1 Å². The molecule has 0 atom stereocenters. The number of hydrogen-bond donors (Lipinski definition) is 1. The highest BCUT2D eigenvalue weighted by Crippen LogP contribution is 2.44. The van der Waals surface area contributed by atoms with E-state index in [-0.39, 0.29) is 41.2 Å². The molecule has 1 aromatic carbocycles. The number of hydrogen-bond acceptors (Lipinski definition) is 6. The highest BCUT2D eigenvalue weighted by molar-refractivity contribution is 6.05. The molecular formula is C22H18F6N4O3. The van der Waals surface area contributed by atoms with Gasteiger partial charge in [-0.1, -0.05) is 0 Å². The van der Waals surface area contributed by atoms with E-state index in [2.05, 4.69) is 25.4 Å². The second-order valence-corrected chi connectivity index (χ2v) is 7.96. The summed E-state index contributed by atoms with van der Waals surface area (Å²) in [6.45, 7) is -0.971. The molecule has 0 aliphatic heterocycles. The summed E-state index contributed by atoms with van der Waals surface area (Å²) in [5, 5.41) is 13.7. The maximum atomic E-state index is 14.6. The molecule has 2 aromatic heterocycles. The second-order valence-electron chi connectivity index (χ2n) is 7.96. The molecule has 1 saturated carbocycles. The number of halogens is 6. The predicted octanol–water partition coefficient (Wildman–Crippen LogP) is 5.60. The van der Waals surface area contributed by atoms with Crippen LogP contribution in [0.15, 0.2) is 35.0 Å². The van der Waals surface area contributed by atoms with Crippen molar-refractivity contribution in [3.8, 4) is 17.0 Å². The molecule has 0 spiro atoms. The van der Waals surface area contributed by atoms with Crippen molar-refractivity contribution < 1.29 is 40.4 Å². The Balaban J connectivity index is 1.70. The Morgan fingerprint density at radius 2 is 1.91 bits per heavy atom. The molecule has 0 bridgehead atoms. The maximum absolute atomic E-state index is 14.6. The molecule has 13 heteroatoms. The van der Waals surface area contributed by atoms with Crippen molar-refractivity contribution >= 4 is 11.6 Å². The van der Waals surface area contributed by atoms with E-state index in [4.69, 9.17) is 4.52 Å². The number of benzene rings is 1. The van der Waals surface area contributed by atoms with Gasteiger partial charge in [-0.25, -0.2) is 26.3 Å². The number of alkyl halides is 4. The van der Waals surface area contributed by atoms with Crippen molar-refractivity contribution in [2.45, 2.75) is 43.9 Å². The van der Waals surface area contributed by atoms with E-state index in [0.717, 1.165) is 30.5 Å². The van der Waals surface area contributed by atoms with Crippen LogP contribution in [0.4, 0.5) is 32.0 Å². The van der Waals surface area contributed by atoms with Crippen molar-refractivity contribution in [1.82, 2.24) is 15.4 Å². The summed E-state index contributed by atoms with van der Waals surface area (Å²) < 4.78 is 90.1. The summed E-state index contributed by atoms with van der Waals surface area (Å²) in [6, 6.07) is 3.66. The van der Waals surface area contributed by atoms with Gasteiger partial charge in [0.05, 0.1) is 23.6 Å². The molecular weight excluding hydrogens is 482 g/mol. The number of anilines is 1. The Labute approximate surface area is 194 Å². The summed E-state index contributed by atoms with van der Waals surface area (Å²) in [6.07, 6.45) is -2.47. The average Bonchev–Trinajstić information content (AvgIpc) is 3.29. The number of rotatable bonds is 7. The molecule has 3 aromatic rings. The van der Waals surface area contributed by atoms with Crippen molar-refractivity contribution in [2.24, 2.45) is 0 Å². The van der Waals surface area contributed by atoms with Gasteiger partial charge in [-0.3, -0.25) is 4.79 Å². The summed E-state index contributed by atoms with van der Waals surface area (Å²) in [5.74, 6) is -6.70. The van der Waals surface area contributed by atoms with Crippen LogP contribution < -0.4 is 10.1 Å². The van der Waals surface area contributed by atoms with Gasteiger partial charge in [-0.05, 0) is 36.2 Å². The summed E-state index contributed by atoms with van der Waals surface area (Å²) in [4.78, 5) is 12.9. The minimum absolute atomic E-state index is 0.0214. The SMILES string of the molecule is O=C(Nc1c(-c2cc(F)ccc2F)cnnc1C1CCC(F)(F)CC1)c1cc(OCC(F)F)no1. The van der Waals surface area contributed by atoms with Crippen LogP contribution in [0.5, 0.6) is 5.88 Å². The van der Waals surface area contributed by atoms with Crippen molar-refractivity contribution in [3.05, 3.63) is 53.6 Å². The molecule has 0 saturated heterocycles. The Kier molecular flexibility index (Phi) is 6.94. The first kappa shape index (κ1) is 24.5. The Bertz CT molecular complexity index is 1210. The molecule has 0 unspecified atom stereocenters. The monoisotopic (exact) mass is 500 g/mol. The molecule has 1 aliphatic rings. The van der Waals surface area contributed by atoms with Gasteiger partial charge in [0.25, 0.3) is 18.2 Å².